The van der Waals surface area contributed by atoms with Crippen LogP contribution in [0.3, 0.4) is 0 Å². The van der Waals surface area contributed by atoms with Crippen molar-refractivity contribution in [1.29, 1.82) is 0 Å². The maximum absolute atomic E-state index is 12.0. The Morgan fingerprint density at radius 1 is 1.20 bits per heavy atom. The molecule has 7 heteroatoms. The molecule has 0 atom stereocenters. The van der Waals surface area contributed by atoms with Crippen molar-refractivity contribution < 1.29 is 13.2 Å². The van der Waals surface area contributed by atoms with Crippen LogP contribution in [0.1, 0.15) is 15.9 Å². The fraction of sp³-hybridized carbons (Fsp3) is 0.0769. The van der Waals surface area contributed by atoms with Crippen molar-refractivity contribution in [3.8, 4) is 0 Å². The second kappa shape index (κ2) is 5.40. The van der Waals surface area contributed by atoms with Crippen molar-refractivity contribution in [2.24, 2.45) is 5.14 Å². The SMILES string of the molecule is Cc1cc(S(N)(=O)=O)ccc1NC(=O)c1ccncc1. The Balaban J connectivity index is 2.25. The van der Waals surface area contributed by atoms with Crippen LogP contribution in [0.5, 0.6) is 0 Å². The topological polar surface area (TPSA) is 102 Å². The number of amides is 1. The van der Waals surface area contributed by atoms with E-state index in [2.05, 4.69) is 10.3 Å². The maximum Gasteiger partial charge on any atom is 0.255 e. The summed E-state index contributed by atoms with van der Waals surface area (Å²) >= 11 is 0. The number of nitrogens with zero attached hydrogens (tertiary/aromatic N) is 1. The van der Waals surface area contributed by atoms with Crippen LogP contribution in [0.25, 0.3) is 0 Å². The number of anilines is 1. The van der Waals surface area contributed by atoms with Gasteiger partial charge < -0.3 is 5.32 Å². The molecule has 6 nitrogen and oxygen atoms in total. The lowest BCUT2D eigenvalue weighted by atomic mass is 10.2. The Labute approximate surface area is 116 Å². The van der Waals surface area contributed by atoms with Crippen molar-refractivity contribution in [2.45, 2.75) is 11.8 Å². The van der Waals surface area contributed by atoms with Crippen LogP contribution in [0.2, 0.25) is 0 Å². The normalized spacial score (nSPS) is 11.1. The summed E-state index contributed by atoms with van der Waals surface area (Å²) in [6.07, 6.45) is 3.04. The fourth-order valence-corrected chi connectivity index (χ4v) is 2.25. The zero-order chi connectivity index (χ0) is 14.8. The van der Waals surface area contributed by atoms with Crippen molar-refractivity contribution in [2.75, 3.05) is 5.32 Å². The molecule has 0 spiro atoms. The molecule has 3 N–H and O–H groups in total. The number of rotatable bonds is 3. The molecule has 1 heterocycles. The van der Waals surface area contributed by atoms with E-state index in [0.717, 1.165) is 0 Å². The number of hydrogen-bond acceptors (Lipinski definition) is 4. The Morgan fingerprint density at radius 3 is 2.40 bits per heavy atom. The molecular weight excluding hydrogens is 278 g/mol. The summed E-state index contributed by atoms with van der Waals surface area (Å²) in [6, 6.07) is 7.45. The van der Waals surface area contributed by atoms with Gasteiger partial charge in [-0.3, -0.25) is 9.78 Å². The van der Waals surface area contributed by atoms with Crippen LogP contribution in [0.15, 0.2) is 47.6 Å². The van der Waals surface area contributed by atoms with Crippen molar-refractivity contribution in [3.05, 3.63) is 53.9 Å². The van der Waals surface area contributed by atoms with Gasteiger partial charge in [0.1, 0.15) is 0 Å². The number of carbonyl (C=O) groups excluding carboxylic acids is 1. The number of nitrogens with two attached hydrogens (primary N) is 1. The standard InChI is InChI=1S/C13H13N3O3S/c1-9-8-11(20(14,18)19)2-3-12(9)16-13(17)10-4-6-15-7-5-10/h2-8H,1H3,(H,16,17)(H2,14,18,19). The largest absolute Gasteiger partial charge is 0.322 e. The lowest BCUT2D eigenvalue weighted by Crippen LogP contribution is -2.15. The Morgan fingerprint density at radius 2 is 1.85 bits per heavy atom. The minimum absolute atomic E-state index is 0.0110. The van der Waals surface area contributed by atoms with Crippen LogP contribution >= 0.6 is 0 Å². The van der Waals surface area contributed by atoms with Crippen molar-refractivity contribution >= 4 is 21.6 Å². The third-order valence-electron chi connectivity index (χ3n) is 2.72. The highest BCUT2D eigenvalue weighted by molar-refractivity contribution is 7.89. The van der Waals surface area contributed by atoms with E-state index in [1.807, 2.05) is 0 Å². The summed E-state index contributed by atoms with van der Waals surface area (Å²) in [5, 5.41) is 7.75. The zero-order valence-electron chi connectivity index (χ0n) is 10.7. The molecule has 0 bridgehead atoms. The Kier molecular flexibility index (Phi) is 3.82. The minimum Gasteiger partial charge on any atom is -0.322 e. The number of hydrogen-bond donors (Lipinski definition) is 2. The third kappa shape index (κ3) is 3.19. The molecular formula is C13H13N3O3S. The third-order valence-corrected chi connectivity index (χ3v) is 3.63. The highest BCUT2D eigenvalue weighted by Crippen LogP contribution is 2.19. The van der Waals surface area contributed by atoms with Crippen LogP contribution < -0.4 is 10.5 Å². The van der Waals surface area contributed by atoms with E-state index in [-0.39, 0.29) is 10.8 Å². The van der Waals surface area contributed by atoms with Gasteiger partial charge in [0.15, 0.2) is 0 Å². The van der Waals surface area contributed by atoms with Crippen LogP contribution in [-0.2, 0) is 10.0 Å². The van der Waals surface area contributed by atoms with Gasteiger partial charge >= 0.3 is 0 Å². The fourth-order valence-electron chi connectivity index (χ4n) is 1.65. The first-order valence-electron chi connectivity index (χ1n) is 5.73. The molecule has 0 saturated heterocycles. The molecule has 20 heavy (non-hydrogen) atoms. The predicted octanol–water partition coefficient (Wildman–Crippen LogP) is 1.29. The van der Waals surface area contributed by atoms with E-state index < -0.39 is 10.0 Å². The quantitative estimate of drug-likeness (QED) is 0.889. The van der Waals surface area contributed by atoms with E-state index in [1.165, 1.54) is 30.6 Å². The number of carbonyl (C=O) groups is 1. The van der Waals surface area contributed by atoms with Crippen molar-refractivity contribution in [3.63, 3.8) is 0 Å². The molecule has 0 aliphatic carbocycles. The number of primary sulfonamides is 1. The maximum atomic E-state index is 12.0. The summed E-state index contributed by atoms with van der Waals surface area (Å²) in [6.45, 7) is 1.69. The molecule has 0 radical (unpaired) electrons. The molecule has 2 rings (SSSR count). The van der Waals surface area contributed by atoms with E-state index >= 15 is 0 Å². The van der Waals surface area contributed by atoms with Gasteiger partial charge in [0.05, 0.1) is 4.90 Å². The van der Waals surface area contributed by atoms with Gasteiger partial charge in [0, 0.05) is 23.6 Å². The molecule has 0 aliphatic rings. The number of aryl methyl sites for hydroxylation is 1. The molecule has 0 aliphatic heterocycles. The molecule has 1 amide bonds. The van der Waals surface area contributed by atoms with Crippen LogP contribution in [-0.4, -0.2) is 19.3 Å². The van der Waals surface area contributed by atoms with Gasteiger partial charge in [0.2, 0.25) is 10.0 Å². The van der Waals surface area contributed by atoms with E-state index in [4.69, 9.17) is 5.14 Å². The van der Waals surface area contributed by atoms with Gasteiger partial charge in [-0.15, -0.1) is 0 Å². The monoisotopic (exact) mass is 291 g/mol. The van der Waals surface area contributed by atoms with E-state index in [1.54, 1.807) is 19.1 Å². The molecule has 0 unspecified atom stereocenters. The van der Waals surface area contributed by atoms with Gasteiger partial charge in [0.25, 0.3) is 5.91 Å². The molecule has 104 valence electrons. The zero-order valence-corrected chi connectivity index (χ0v) is 11.5. The first kappa shape index (κ1) is 14.2. The average Bonchev–Trinajstić information content (AvgIpc) is 2.41. The van der Waals surface area contributed by atoms with Gasteiger partial charge in [-0.05, 0) is 42.8 Å². The van der Waals surface area contributed by atoms with Gasteiger partial charge in [-0.2, -0.15) is 0 Å². The summed E-state index contributed by atoms with van der Waals surface area (Å²) in [7, 11) is -3.74. The first-order chi connectivity index (χ1) is 9.38. The second-order valence-electron chi connectivity index (χ2n) is 4.21. The minimum atomic E-state index is -3.74. The highest BCUT2D eigenvalue weighted by Gasteiger charge is 2.11. The van der Waals surface area contributed by atoms with Crippen LogP contribution in [0, 0.1) is 6.92 Å². The number of nitrogens with one attached hydrogen (secondary N) is 1. The predicted molar refractivity (Wildman–Crippen MR) is 74.7 cm³/mol. The average molecular weight is 291 g/mol. The highest BCUT2D eigenvalue weighted by atomic mass is 32.2. The number of sulfonamides is 1. The van der Waals surface area contributed by atoms with Crippen molar-refractivity contribution in [1.82, 2.24) is 4.98 Å². The van der Waals surface area contributed by atoms with Gasteiger partial charge in [-0.25, -0.2) is 13.6 Å². The molecule has 0 fully saturated rings. The summed E-state index contributed by atoms with van der Waals surface area (Å²) in [5.74, 6) is -0.293. The number of aromatic nitrogens is 1. The van der Waals surface area contributed by atoms with E-state index in [9.17, 15) is 13.2 Å². The number of benzene rings is 1. The second-order valence-corrected chi connectivity index (χ2v) is 5.77. The molecule has 2 aromatic rings. The van der Waals surface area contributed by atoms with E-state index in [0.29, 0.717) is 16.8 Å². The summed E-state index contributed by atoms with van der Waals surface area (Å²) in [5.41, 5.74) is 1.60. The first-order valence-corrected chi connectivity index (χ1v) is 7.27. The summed E-state index contributed by atoms with van der Waals surface area (Å²) in [4.78, 5) is 15.8. The Hall–Kier alpha value is -2.25. The van der Waals surface area contributed by atoms with Crippen LogP contribution in [0.4, 0.5) is 5.69 Å². The summed E-state index contributed by atoms with van der Waals surface area (Å²) < 4.78 is 22.4. The Bertz CT molecular complexity index is 743. The number of pyridine rings is 1. The smallest absolute Gasteiger partial charge is 0.255 e. The lowest BCUT2D eigenvalue weighted by Gasteiger charge is -2.09. The lowest BCUT2D eigenvalue weighted by molar-refractivity contribution is 0.102. The molecule has 1 aromatic carbocycles. The molecule has 1 aromatic heterocycles. The molecule has 0 saturated carbocycles. The van der Waals surface area contributed by atoms with Gasteiger partial charge in [-0.1, -0.05) is 0 Å².